The number of rotatable bonds is 3. The fourth-order valence-electron chi connectivity index (χ4n) is 2.47. The Labute approximate surface area is 107 Å². The highest BCUT2D eigenvalue weighted by Crippen LogP contribution is 2.47. The lowest BCUT2D eigenvalue weighted by atomic mass is 10.1. The lowest BCUT2D eigenvalue weighted by Gasteiger charge is -2.27. The molecular weight excluding hydrogens is 228 g/mol. The van der Waals surface area contributed by atoms with Crippen LogP contribution in [0.5, 0.6) is 0 Å². The van der Waals surface area contributed by atoms with Gasteiger partial charge in [0.05, 0.1) is 13.2 Å². The number of carbonyl (C=O) groups is 1. The summed E-state index contributed by atoms with van der Waals surface area (Å²) < 4.78 is 5.25. The van der Waals surface area contributed by atoms with Crippen LogP contribution in [0, 0.1) is 5.92 Å². The van der Waals surface area contributed by atoms with Crippen molar-refractivity contribution < 1.29 is 9.53 Å². The molecule has 0 radical (unpaired) electrons. The minimum Gasteiger partial charge on any atom is -0.379 e. The summed E-state index contributed by atoms with van der Waals surface area (Å²) in [4.78, 5) is 12.1. The van der Waals surface area contributed by atoms with E-state index in [2.05, 4.69) is 17.6 Å². The van der Waals surface area contributed by atoms with Gasteiger partial charge in [-0.2, -0.15) is 0 Å². The predicted octanol–water partition coefficient (Wildman–Crippen LogP) is 1.15. The first-order valence-electron chi connectivity index (χ1n) is 6.53. The molecule has 4 nitrogen and oxygen atoms in total. The summed E-state index contributed by atoms with van der Waals surface area (Å²) in [5, 5.41) is 1.96. The van der Waals surface area contributed by atoms with Crippen molar-refractivity contribution in [3.8, 4) is 0 Å². The third kappa shape index (κ3) is 2.54. The summed E-state index contributed by atoms with van der Waals surface area (Å²) in [6.45, 7) is 2.98. The summed E-state index contributed by atoms with van der Waals surface area (Å²) in [7, 11) is 0. The average molecular weight is 246 g/mol. The van der Waals surface area contributed by atoms with Gasteiger partial charge in [-0.05, 0) is 17.9 Å². The minimum absolute atomic E-state index is 0.148. The van der Waals surface area contributed by atoms with Gasteiger partial charge in [-0.15, -0.1) is 0 Å². The molecule has 1 aliphatic carbocycles. The maximum atomic E-state index is 12.1. The van der Waals surface area contributed by atoms with E-state index in [-0.39, 0.29) is 11.8 Å². The number of nitrogens with one attached hydrogen (secondary N) is 1. The van der Waals surface area contributed by atoms with Crippen LogP contribution in [-0.2, 0) is 9.53 Å². The van der Waals surface area contributed by atoms with Crippen LogP contribution in [0.25, 0.3) is 0 Å². The van der Waals surface area contributed by atoms with Crippen molar-refractivity contribution in [3.63, 3.8) is 0 Å². The number of ether oxygens (including phenoxy) is 1. The Morgan fingerprint density at radius 1 is 1.22 bits per heavy atom. The molecule has 2 aliphatic rings. The van der Waals surface area contributed by atoms with Gasteiger partial charge in [0.2, 0.25) is 5.91 Å². The largest absolute Gasteiger partial charge is 0.379 e. The Balaban J connectivity index is 1.53. The Morgan fingerprint density at radius 2 is 1.94 bits per heavy atom. The molecule has 1 aliphatic heterocycles. The van der Waals surface area contributed by atoms with Gasteiger partial charge >= 0.3 is 0 Å². The molecule has 18 heavy (non-hydrogen) atoms. The van der Waals surface area contributed by atoms with E-state index < -0.39 is 0 Å². The Morgan fingerprint density at radius 3 is 2.67 bits per heavy atom. The number of carbonyl (C=O) groups excluding carboxylic acids is 1. The summed E-state index contributed by atoms with van der Waals surface area (Å²) in [5.41, 5.74) is 4.27. The van der Waals surface area contributed by atoms with Crippen LogP contribution in [-0.4, -0.2) is 37.2 Å². The van der Waals surface area contributed by atoms with Crippen molar-refractivity contribution in [2.45, 2.75) is 12.3 Å². The monoisotopic (exact) mass is 246 g/mol. The number of hydrogen-bond acceptors (Lipinski definition) is 3. The quantitative estimate of drug-likeness (QED) is 0.870. The first-order chi connectivity index (χ1) is 8.84. The van der Waals surface area contributed by atoms with Crippen molar-refractivity contribution in [2.75, 3.05) is 26.3 Å². The molecule has 1 aromatic rings. The van der Waals surface area contributed by atoms with Crippen LogP contribution in [0.3, 0.4) is 0 Å². The van der Waals surface area contributed by atoms with Crippen LogP contribution in [0.4, 0.5) is 0 Å². The van der Waals surface area contributed by atoms with E-state index in [4.69, 9.17) is 4.74 Å². The molecule has 96 valence electrons. The van der Waals surface area contributed by atoms with E-state index in [0.29, 0.717) is 19.1 Å². The first kappa shape index (κ1) is 11.7. The SMILES string of the molecule is O=C(NN1CCOCC1)[C@H]1C[C@@H]1c1ccccc1. The zero-order valence-corrected chi connectivity index (χ0v) is 10.3. The van der Waals surface area contributed by atoms with Gasteiger partial charge in [-0.3, -0.25) is 10.2 Å². The Hall–Kier alpha value is -1.39. The second kappa shape index (κ2) is 5.08. The van der Waals surface area contributed by atoms with Gasteiger partial charge in [0.1, 0.15) is 0 Å². The van der Waals surface area contributed by atoms with E-state index in [9.17, 15) is 4.79 Å². The van der Waals surface area contributed by atoms with Gasteiger partial charge in [0.15, 0.2) is 0 Å². The van der Waals surface area contributed by atoms with Crippen LogP contribution < -0.4 is 5.43 Å². The average Bonchev–Trinajstić information content (AvgIpc) is 3.21. The number of hydrogen-bond donors (Lipinski definition) is 1. The molecule has 4 heteroatoms. The molecule has 0 unspecified atom stereocenters. The van der Waals surface area contributed by atoms with Gasteiger partial charge in [0.25, 0.3) is 0 Å². The molecule has 3 rings (SSSR count). The molecule has 2 atom stereocenters. The summed E-state index contributed by atoms with van der Waals surface area (Å²) in [5.74, 6) is 0.716. The molecule has 0 bridgehead atoms. The van der Waals surface area contributed by atoms with E-state index in [1.54, 1.807) is 0 Å². The molecule has 1 saturated carbocycles. The van der Waals surface area contributed by atoms with Gasteiger partial charge < -0.3 is 4.74 Å². The smallest absolute Gasteiger partial charge is 0.238 e. The van der Waals surface area contributed by atoms with Crippen molar-refractivity contribution in [1.82, 2.24) is 10.4 Å². The lowest BCUT2D eigenvalue weighted by molar-refractivity contribution is -0.129. The zero-order valence-electron chi connectivity index (χ0n) is 10.3. The van der Waals surface area contributed by atoms with E-state index in [0.717, 1.165) is 19.5 Å². The van der Waals surface area contributed by atoms with E-state index in [1.807, 2.05) is 23.2 Å². The highest BCUT2D eigenvalue weighted by molar-refractivity contribution is 5.82. The van der Waals surface area contributed by atoms with Crippen molar-refractivity contribution in [3.05, 3.63) is 35.9 Å². The highest BCUT2D eigenvalue weighted by atomic mass is 16.5. The normalized spacial score (nSPS) is 27.8. The number of amides is 1. The van der Waals surface area contributed by atoms with Gasteiger partial charge in [0, 0.05) is 19.0 Å². The molecule has 1 N–H and O–H groups in total. The second-order valence-electron chi connectivity index (χ2n) is 4.93. The van der Waals surface area contributed by atoms with Gasteiger partial charge in [-0.1, -0.05) is 30.3 Å². The van der Waals surface area contributed by atoms with Crippen LogP contribution in [0.1, 0.15) is 17.9 Å². The molecule has 0 spiro atoms. The first-order valence-corrected chi connectivity index (χ1v) is 6.53. The minimum atomic E-state index is 0.148. The molecule has 1 amide bonds. The maximum absolute atomic E-state index is 12.1. The Bertz CT molecular complexity index is 415. The standard InChI is InChI=1S/C14H18N2O2/c17-14(15-16-6-8-18-9-7-16)13-10-12(13)11-4-2-1-3-5-11/h1-5,12-13H,6-10H2,(H,15,17)/t12-,13+/m1/s1. The number of nitrogens with zero attached hydrogens (tertiary/aromatic N) is 1. The number of hydrazine groups is 1. The van der Waals surface area contributed by atoms with Crippen LogP contribution >= 0.6 is 0 Å². The lowest BCUT2D eigenvalue weighted by Crippen LogP contribution is -2.49. The molecular formula is C14H18N2O2. The predicted molar refractivity (Wildman–Crippen MR) is 67.8 cm³/mol. The summed E-state index contributed by atoms with van der Waals surface area (Å²) >= 11 is 0. The van der Waals surface area contributed by atoms with Crippen molar-refractivity contribution in [2.24, 2.45) is 5.92 Å². The Kier molecular flexibility index (Phi) is 3.30. The molecule has 1 heterocycles. The fraction of sp³-hybridized carbons (Fsp3) is 0.500. The molecule has 2 fully saturated rings. The van der Waals surface area contributed by atoms with Gasteiger partial charge in [-0.25, -0.2) is 5.01 Å². The van der Waals surface area contributed by atoms with E-state index >= 15 is 0 Å². The summed E-state index contributed by atoms with van der Waals surface area (Å²) in [6.07, 6.45) is 0.972. The molecule has 1 saturated heterocycles. The third-order valence-electron chi connectivity index (χ3n) is 3.63. The molecule has 1 aromatic carbocycles. The van der Waals surface area contributed by atoms with Crippen molar-refractivity contribution in [1.29, 1.82) is 0 Å². The second-order valence-corrected chi connectivity index (χ2v) is 4.93. The van der Waals surface area contributed by atoms with Crippen LogP contribution in [0.2, 0.25) is 0 Å². The summed E-state index contributed by atoms with van der Waals surface area (Å²) in [6, 6.07) is 10.3. The van der Waals surface area contributed by atoms with E-state index in [1.165, 1.54) is 5.56 Å². The number of morpholine rings is 1. The fourth-order valence-corrected chi connectivity index (χ4v) is 2.47. The van der Waals surface area contributed by atoms with Crippen LogP contribution in [0.15, 0.2) is 30.3 Å². The third-order valence-corrected chi connectivity index (χ3v) is 3.63. The number of benzene rings is 1. The maximum Gasteiger partial charge on any atom is 0.238 e. The highest BCUT2D eigenvalue weighted by Gasteiger charge is 2.44. The zero-order chi connectivity index (χ0) is 12.4. The topological polar surface area (TPSA) is 41.6 Å². The van der Waals surface area contributed by atoms with Crippen molar-refractivity contribution >= 4 is 5.91 Å². The molecule has 0 aromatic heterocycles.